The number of phenols is 1. The molecule has 0 saturated carbocycles. The molecule has 106 valence electrons. The first-order valence-electron chi connectivity index (χ1n) is 6.23. The molecule has 0 fully saturated rings. The van der Waals surface area contributed by atoms with E-state index in [2.05, 4.69) is 10.1 Å². The first kappa shape index (κ1) is 13.1. The van der Waals surface area contributed by atoms with E-state index in [9.17, 15) is 9.50 Å². The summed E-state index contributed by atoms with van der Waals surface area (Å²) in [6.45, 7) is 1.66. The Morgan fingerprint density at radius 1 is 1.14 bits per heavy atom. The third-order valence-electron chi connectivity index (χ3n) is 3.12. The second kappa shape index (κ2) is 4.90. The van der Waals surface area contributed by atoms with Gasteiger partial charge in [0.05, 0.1) is 5.69 Å². The fraction of sp³-hybridized carbons (Fsp3) is 0.0667. The first-order chi connectivity index (χ1) is 10.0. The highest BCUT2D eigenvalue weighted by molar-refractivity contribution is 5.65. The Labute approximate surface area is 119 Å². The number of nitrogens with two attached hydrogens (primary N) is 1. The lowest BCUT2D eigenvalue weighted by molar-refractivity contribution is 0.431. The van der Waals surface area contributed by atoms with Crippen LogP contribution >= 0.6 is 0 Å². The topological polar surface area (TPSA) is 85.2 Å². The molecule has 5 nitrogen and oxygen atoms in total. The number of hydrogen-bond donors (Lipinski definition) is 2. The Morgan fingerprint density at radius 3 is 2.62 bits per heavy atom. The van der Waals surface area contributed by atoms with Gasteiger partial charge < -0.3 is 15.4 Å². The van der Waals surface area contributed by atoms with Crippen LogP contribution in [-0.2, 0) is 0 Å². The van der Waals surface area contributed by atoms with Crippen molar-refractivity contribution in [2.24, 2.45) is 0 Å². The Bertz CT molecular complexity index is 748. The largest absolute Gasteiger partial charge is 0.506 e. The van der Waals surface area contributed by atoms with Gasteiger partial charge in [-0.3, -0.25) is 0 Å². The van der Waals surface area contributed by atoms with Gasteiger partial charge in [-0.05, 0) is 48.9 Å². The van der Waals surface area contributed by atoms with Gasteiger partial charge >= 0.3 is 0 Å². The third-order valence-corrected chi connectivity index (χ3v) is 3.12. The zero-order valence-electron chi connectivity index (χ0n) is 11.2. The van der Waals surface area contributed by atoms with Crippen molar-refractivity contribution in [1.82, 2.24) is 10.1 Å². The molecule has 0 aliphatic rings. The molecule has 0 unspecified atom stereocenters. The molecule has 1 heterocycles. The van der Waals surface area contributed by atoms with E-state index in [0.29, 0.717) is 22.5 Å². The van der Waals surface area contributed by atoms with Gasteiger partial charge in [-0.1, -0.05) is 5.16 Å². The van der Waals surface area contributed by atoms with Crippen molar-refractivity contribution in [1.29, 1.82) is 0 Å². The average Bonchev–Trinajstić information content (AvgIpc) is 2.94. The normalized spacial score (nSPS) is 10.8. The number of halogens is 1. The molecule has 0 aliphatic carbocycles. The summed E-state index contributed by atoms with van der Waals surface area (Å²) in [4.78, 5) is 4.24. The standard InChI is InChI=1S/C15H12FN3O2/c1-8-6-9(2-4-11(8)16)14-18-15(21-19-14)10-3-5-12(17)13(20)7-10/h2-7,20H,17H2,1H3. The summed E-state index contributed by atoms with van der Waals surface area (Å²) in [5, 5.41) is 13.5. The molecule has 3 N–H and O–H groups in total. The van der Waals surface area contributed by atoms with E-state index in [1.807, 2.05) is 0 Å². The van der Waals surface area contributed by atoms with Crippen LogP contribution in [0.4, 0.5) is 10.1 Å². The van der Waals surface area contributed by atoms with E-state index >= 15 is 0 Å². The van der Waals surface area contributed by atoms with Crippen LogP contribution in [0, 0.1) is 12.7 Å². The van der Waals surface area contributed by atoms with Gasteiger partial charge in [0.15, 0.2) is 0 Å². The lowest BCUT2D eigenvalue weighted by Crippen LogP contribution is -1.87. The van der Waals surface area contributed by atoms with Crippen molar-refractivity contribution in [2.75, 3.05) is 5.73 Å². The summed E-state index contributed by atoms with van der Waals surface area (Å²) in [6, 6.07) is 9.25. The van der Waals surface area contributed by atoms with Crippen molar-refractivity contribution in [3.63, 3.8) is 0 Å². The fourth-order valence-corrected chi connectivity index (χ4v) is 1.92. The number of aromatic hydroxyl groups is 1. The summed E-state index contributed by atoms with van der Waals surface area (Å²) in [6.07, 6.45) is 0. The molecule has 0 atom stereocenters. The molecule has 0 aliphatic heterocycles. The second-order valence-corrected chi connectivity index (χ2v) is 4.66. The first-order valence-corrected chi connectivity index (χ1v) is 6.23. The van der Waals surface area contributed by atoms with Gasteiger partial charge in [0, 0.05) is 11.1 Å². The van der Waals surface area contributed by atoms with E-state index in [4.69, 9.17) is 10.3 Å². The molecule has 0 amide bonds. The molecule has 0 spiro atoms. The minimum atomic E-state index is -0.286. The summed E-state index contributed by atoms with van der Waals surface area (Å²) >= 11 is 0. The number of benzene rings is 2. The van der Waals surface area contributed by atoms with Crippen LogP contribution in [0.15, 0.2) is 40.9 Å². The van der Waals surface area contributed by atoms with Crippen LogP contribution in [-0.4, -0.2) is 15.2 Å². The van der Waals surface area contributed by atoms with Crippen molar-refractivity contribution >= 4 is 5.69 Å². The number of rotatable bonds is 2. The summed E-state index contributed by atoms with van der Waals surface area (Å²) < 4.78 is 18.4. The molecule has 2 aromatic carbocycles. The number of phenolic OH excluding ortho intramolecular Hbond substituents is 1. The van der Waals surface area contributed by atoms with Crippen LogP contribution in [0.2, 0.25) is 0 Å². The predicted molar refractivity (Wildman–Crippen MR) is 75.9 cm³/mol. The van der Waals surface area contributed by atoms with E-state index in [0.717, 1.165) is 0 Å². The molecule has 21 heavy (non-hydrogen) atoms. The number of hydrogen-bond acceptors (Lipinski definition) is 5. The van der Waals surface area contributed by atoms with E-state index in [-0.39, 0.29) is 23.1 Å². The van der Waals surface area contributed by atoms with Crippen molar-refractivity contribution in [3.05, 3.63) is 47.8 Å². The molecule has 1 aromatic heterocycles. The minimum absolute atomic E-state index is 0.0510. The molecule has 3 rings (SSSR count). The quantitative estimate of drug-likeness (QED) is 0.558. The zero-order chi connectivity index (χ0) is 15.0. The number of anilines is 1. The predicted octanol–water partition coefficient (Wildman–Crippen LogP) is 3.14. The lowest BCUT2D eigenvalue weighted by atomic mass is 10.1. The number of nitrogen functional groups attached to an aromatic ring is 1. The van der Waals surface area contributed by atoms with Crippen molar-refractivity contribution in [2.45, 2.75) is 6.92 Å². The average molecular weight is 285 g/mol. The van der Waals surface area contributed by atoms with Crippen LogP contribution in [0.1, 0.15) is 5.56 Å². The Kier molecular flexibility index (Phi) is 3.06. The SMILES string of the molecule is Cc1cc(-c2noc(-c3ccc(N)c(O)c3)n2)ccc1F. The molecule has 6 heteroatoms. The molecule has 3 aromatic rings. The van der Waals surface area contributed by atoms with Crippen LogP contribution < -0.4 is 5.73 Å². The monoisotopic (exact) mass is 285 g/mol. The van der Waals surface area contributed by atoms with Crippen LogP contribution in [0.25, 0.3) is 22.8 Å². The Hall–Kier alpha value is -2.89. The van der Waals surface area contributed by atoms with Gasteiger partial charge in [-0.15, -0.1) is 0 Å². The maximum absolute atomic E-state index is 13.3. The fourth-order valence-electron chi connectivity index (χ4n) is 1.92. The maximum atomic E-state index is 13.3. The summed E-state index contributed by atoms with van der Waals surface area (Å²) in [5.74, 6) is 0.266. The zero-order valence-corrected chi connectivity index (χ0v) is 11.2. The molecule has 0 saturated heterocycles. The number of aryl methyl sites for hydroxylation is 1. The summed E-state index contributed by atoms with van der Waals surface area (Å²) in [5.41, 5.74) is 7.53. The van der Waals surface area contributed by atoms with Gasteiger partial charge in [0.1, 0.15) is 11.6 Å². The smallest absolute Gasteiger partial charge is 0.258 e. The van der Waals surface area contributed by atoms with Gasteiger partial charge in [-0.2, -0.15) is 4.98 Å². The number of nitrogens with zero attached hydrogens (tertiary/aromatic N) is 2. The highest BCUT2D eigenvalue weighted by Gasteiger charge is 2.12. The molecule has 0 radical (unpaired) electrons. The number of aromatic nitrogens is 2. The second-order valence-electron chi connectivity index (χ2n) is 4.66. The van der Waals surface area contributed by atoms with Crippen LogP contribution in [0.3, 0.4) is 0 Å². The minimum Gasteiger partial charge on any atom is -0.506 e. The van der Waals surface area contributed by atoms with Crippen molar-refractivity contribution < 1.29 is 14.0 Å². The van der Waals surface area contributed by atoms with Gasteiger partial charge in [-0.25, -0.2) is 4.39 Å². The Morgan fingerprint density at radius 2 is 1.90 bits per heavy atom. The highest BCUT2D eigenvalue weighted by Crippen LogP contribution is 2.28. The Balaban J connectivity index is 1.99. The molecular formula is C15H12FN3O2. The third kappa shape index (κ3) is 2.43. The summed E-state index contributed by atoms with van der Waals surface area (Å²) in [7, 11) is 0. The lowest BCUT2D eigenvalue weighted by Gasteiger charge is -1.99. The van der Waals surface area contributed by atoms with E-state index in [1.165, 1.54) is 12.1 Å². The van der Waals surface area contributed by atoms with Crippen molar-refractivity contribution in [3.8, 4) is 28.6 Å². The molecule has 0 bridgehead atoms. The maximum Gasteiger partial charge on any atom is 0.258 e. The van der Waals surface area contributed by atoms with Crippen LogP contribution in [0.5, 0.6) is 5.75 Å². The highest BCUT2D eigenvalue weighted by atomic mass is 19.1. The van der Waals surface area contributed by atoms with E-state index < -0.39 is 0 Å². The van der Waals surface area contributed by atoms with E-state index in [1.54, 1.807) is 31.2 Å². The van der Waals surface area contributed by atoms with Gasteiger partial charge in [0.2, 0.25) is 5.82 Å². The van der Waals surface area contributed by atoms with Gasteiger partial charge in [0.25, 0.3) is 5.89 Å². The molecular weight excluding hydrogens is 273 g/mol.